The van der Waals surface area contributed by atoms with E-state index < -0.39 is 0 Å². The van der Waals surface area contributed by atoms with Crippen LogP contribution in [0.5, 0.6) is 0 Å². The molecular weight excluding hydrogens is 356 g/mol. The maximum atomic E-state index is 13.1. The van der Waals surface area contributed by atoms with E-state index in [1.165, 1.54) is 16.9 Å². The van der Waals surface area contributed by atoms with Gasteiger partial charge in [-0.25, -0.2) is 0 Å². The first-order valence-electron chi connectivity index (χ1n) is 9.50. The van der Waals surface area contributed by atoms with E-state index >= 15 is 0 Å². The molecular formula is C22H24N2O2S. The highest BCUT2D eigenvalue weighted by molar-refractivity contribution is 7.12. The van der Waals surface area contributed by atoms with Crippen LogP contribution >= 0.6 is 11.3 Å². The minimum atomic E-state index is -0.101. The van der Waals surface area contributed by atoms with Gasteiger partial charge in [0.25, 0.3) is 11.5 Å². The van der Waals surface area contributed by atoms with Crippen molar-refractivity contribution in [3.63, 3.8) is 0 Å². The van der Waals surface area contributed by atoms with Crippen molar-refractivity contribution in [2.45, 2.75) is 52.1 Å². The van der Waals surface area contributed by atoms with E-state index in [0.29, 0.717) is 12.1 Å². The summed E-state index contributed by atoms with van der Waals surface area (Å²) in [6.07, 6.45) is 4.32. The number of rotatable bonds is 4. The van der Waals surface area contributed by atoms with E-state index in [2.05, 4.69) is 24.0 Å². The van der Waals surface area contributed by atoms with Crippen molar-refractivity contribution in [3.05, 3.63) is 67.6 Å². The number of carbonyl (C=O) groups excluding carboxylic acids is 1. The lowest BCUT2D eigenvalue weighted by Gasteiger charge is -2.28. The third-order valence-electron chi connectivity index (χ3n) is 5.47. The van der Waals surface area contributed by atoms with Gasteiger partial charge in [-0.2, -0.15) is 0 Å². The average Bonchev–Trinajstić information content (AvgIpc) is 3.34. The lowest BCUT2D eigenvalue weighted by atomic mass is 10.0. The van der Waals surface area contributed by atoms with Crippen molar-refractivity contribution in [3.8, 4) is 0 Å². The number of hydrogen-bond acceptors (Lipinski definition) is 3. The number of carbonyl (C=O) groups is 1. The first-order valence-corrected chi connectivity index (χ1v) is 10.4. The third-order valence-corrected chi connectivity index (χ3v) is 6.33. The minimum absolute atomic E-state index is 0.0387. The molecule has 1 fully saturated rings. The van der Waals surface area contributed by atoms with Crippen LogP contribution in [0.25, 0.3) is 10.9 Å². The summed E-state index contributed by atoms with van der Waals surface area (Å²) in [5.74, 6) is 0.0387. The Labute approximate surface area is 162 Å². The lowest BCUT2D eigenvalue weighted by Crippen LogP contribution is -2.39. The highest BCUT2D eigenvalue weighted by Crippen LogP contribution is 2.27. The first-order chi connectivity index (χ1) is 13.0. The molecule has 1 amide bonds. The number of aromatic amines is 1. The molecule has 3 aromatic rings. The highest BCUT2D eigenvalue weighted by atomic mass is 32.1. The largest absolute Gasteiger partial charge is 0.330 e. The van der Waals surface area contributed by atoms with Gasteiger partial charge >= 0.3 is 0 Å². The summed E-state index contributed by atoms with van der Waals surface area (Å²) in [4.78, 5) is 31.5. The molecule has 0 radical (unpaired) electrons. The molecule has 1 aliphatic rings. The molecule has 1 saturated carbocycles. The smallest absolute Gasteiger partial charge is 0.264 e. The third kappa shape index (κ3) is 3.56. The second-order valence-corrected chi connectivity index (χ2v) is 8.47. The molecule has 2 aromatic heterocycles. The molecule has 0 spiro atoms. The molecule has 1 N–H and O–H groups in total. The minimum Gasteiger partial charge on any atom is -0.330 e. The number of pyridine rings is 1. The van der Waals surface area contributed by atoms with Crippen molar-refractivity contribution in [2.75, 3.05) is 0 Å². The Morgan fingerprint density at radius 1 is 1.22 bits per heavy atom. The predicted octanol–water partition coefficient (Wildman–Crippen LogP) is 4.79. The van der Waals surface area contributed by atoms with Crippen molar-refractivity contribution in [1.82, 2.24) is 9.88 Å². The molecule has 1 aromatic carbocycles. The van der Waals surface area contributed by atoms with E-state index in [-0.39, 0.29) is 17.5 Å². The molecule has 0 saturated heterocycles. The van der Waals surface area contributed by atoms with Crippen molar-refractivity contribution < 1.29 is 4.79 Å². The standard InChI is InChI=1S/C22H24N2O2S/c1-14-10-15(2)20-16(11-14)12-17(21(25)23-20)13-24(18-6-3-4-7-18)22(26)19-8-5-9-27-19/h5,8-12,18H,3-4,6-7,13H2,1-2H3,(H,23,25). The van der Waals surface area contributed by atoms with E-state index in [0.717, 1.165) is 47.0 Å². The summed E-state index contributed by atoms with van der Waals surface area (Å²) in [6.45, 7) is 4.43. The summed E-state index contributed by atoms with van der Waals surface area (Å²) >= 11 is 1.46. The molecule has 0 atom stereocenters. The van der Waals surface area contributed by atoms with Crippen LogP contribution < -0.4 is 5.56 Å². The van der Waals surface area contributed by atoms with Gasteiger partial charge in [0.15, 0.2) is 0 Å². The number of nitrogens with zero attached hydrogens (tertiary/aromatic N) is 1. The Balaban J connectivity index is 1.73. The van der Waals surface area contributed by atoms with E-state index in [1.807, 2.05) is 35.4 Å². The summed E-state index contributed by atoms with van der Waals surface area (Å²) < 4.78 is 0. The molecule has 4 rings (SSSR count). The number of aromatic nitrogens is 1. The Morgan fingerprint density at radius 3 is 2.70 bits per heavy atom. The van der Waals surface area contributed by atoms with Crippen LogP contribution in [0.2, 0.25) is 0 Å². The average molecular weight is 381 g/mol. The van der Waals surface area contributed by atoms with Crippen LogP contribution in [0.3, 0.4) is 0 Å². The van der Waals surface area contributed by atoms with Crippen LogP contribution in [-0.4, -0.2) is 21.8 Å². The number of aryl methyl sites for hydroxylation is 2. The Kier molecular flexibility index (Phi) is 4.87. The highest BCUT2D eigenvalue weighted by Gasteiger charge is 2.28. The molecule has 4 nitrogen and oxygen atoms in total. The van der Waals surface area contributed by atoms with Gasteiger partial charge in [-0.1, -0.05) is 30.5 Å². The van der Waals surface area contributed by atoms with Gasteiger partial charge in [-0.15, -0.1) is 11.3 Å². The van der Waals surface area contributed by atoms with Gasteiger partial charge < -0.3 is 9.88 Å². The second-order valence-electron chi connectivity index (χ2n) is 7.52. The van der Waals surface area contributed by atoms with Crippen LogP contribution in [0, 0.1) is 13.8 Å². The maximum absolute atomic E-state index is 13.1. The SMILES string of the molecule is Cc1cc(C)c2[nH]c(=O)c(CN(C(=O)c3cccs3)C3CCCC3)cc2c1. The van der Waals surface area contributed by atoms with Crippen molar-refractivity contribution in [1.29, 1.82) is 0 Å². The van der Waals surface area contributed by atoms with E-state index in [9.17, 15) is 9.59 Å². The zero-order chi connectivity index (χ0) is 19.0. The summed E-state index contributed by atoms with van der Waals surface area (Å²) in [6, 6.07) is 10.1. The fraction of sp³-hybridized carbons (Fsp3) is 0.364. The van der Waals surface area contributed by atoms with Crippen LogP contribution in [0.15, 0.2) is 40.5 Å². The Hall–Kier alpha value is -2.40. The molecule has 0 unspecified atom stereocenters. The fourth-order valence-corrected chi connectivity index (χ4v) is 4.84. The fourth-order valence-electron chi connectivity index (χ4n) is 4.16. The molecule has 27 heavy (non-hydrogen) atoms. The predicted molar refractivity (Wildman–Crippen MR) is 110 cm³/mol. The van der Waals surface area contributed by atoms with E-state index in [4.69, 9.17) is 0 Å². The van der Waals surface area contributed by atoms with Gasteiger partial charge in [0.2, 0.25) is 0 Å². The monoisotopic (exact) mass is 380 g/mol. The number of fused-ring (bicyclic) bond motifs is 1. The Bertz CT molecular complexity index is 1030. The van der Waals surface area contributed by atoms with Gasteiger partial charge in [-0.05, 0) is 61.2 Å². The van der Waals surface area contributed by atoms with Gasteiger partial charge in [0.1, 0.15) is 0 Å². The first kappa shape index (κ1) is 18.0. The maximum Gasteiger partial charge on any atom is 0.264 e. The number of nitrogens with one attached hydrogen (secondary N) is 1. The summed E-state index contributed by atoms with van der Waals surface area (Å²) in [5.41, 5.74) is 3.67. The Morgan fingerprint density at radius 2 is 2.00 bits per heavy atom. The number of H-pyrrole nitrogens is 1. The van der Waals surface area contributed by atoms with Crippen LogP contribution in [0.1, 0.15) is 52.0 Å². The normalized spacial score (nSPS) is 14.7. The molecule has 140 valence electrons. The number of hydrogen-bond donors (Lipinski definition) is 1. The number of thiophene rings is 1. The molecule has 2 heterocycles. The van der Waals surface area contributed by atoms with Crippen LogP contribution in [-0.2, 0) is 6.54 Å². The zero-order valence-corrected chi connectivity index (χ0v) is 16.6. The zero-order valence-electron chi connectivity index (χ0n) is 15.7. The van der Waals surface area contributed by atoms with E-state index in [1.54, 1.807) is 0 Å². The summed E-state index contributed by atoms with van der Waals surface area (Å²) in [5, 5.41) is 2.95. The lowest BCUT2D eigenvalue weighted by molar-refractivity contribution is 0.0669. The van der Waals surface area contributed by atoms with Crippen molar-refractivity contribution in [2.24, 2.45) is 0 Å². The van der Waals surface area contributed by atoms with Crippen molar-refractivity contribution >= 4 is 28.1 Å². The van der Waals surface area contributed by atoms with Gasteiger partial charge in [0, 0.05) is 11.6 Å². The quantitative estimate of drug-likeness (QED) is 0.707. The second kappa shape index (κ2) is 7.31. The van der Waals surface area contributed by atoms with Gasteiger partial charge in [0.05, 0.1) is 16.9 Å². The summed E-state index contributed by atoms with van der Waals surface area (Å²) in [7, 11) is 0. The molecule has 0 aliphatic heterocycles. The number of amides is 1. The van der Waals surface area contributed by atoms with Gasteiger partial charge in [-0.3, -0.25) is 9.59 Å². The molecule has 5 heteroatoms. The molecule has 0 bridgehead atoms. The topological polar surface area (TPSA) is 53.2 Å². The number of benzene rings is 1. The molecule has 1 aliphatic carbocycles. The van der Waals surface area contributed by atoms with Crippen LogP contribution in [0.4, 0.5) is 0 Å².